The lowest BCUT2D eigenvalue weighted by Gasteiger charge is -2.07. The van der Waals surface area contributed by atoms with Gasteiger partial charge in [0.15, 0.2) is 5.13 Å². The normalized spacial score (nSPS) is 10.9. The predicted octanol–water partition coefficient (Wildman–Crippen LogP) is 4.89. The number of hydrogen-bond acceptors (Lipinski definition) is 4. The fourth-order valence-corrected chi connectivity index (χ4v) is 3.62. The summed E-state index contributed by atoms with van der Waals surface area (Å²) in [6.45, 7) is 4.00. The molecule has 0 spiro atoms. The maximum atomic E-state index is 12.5. The Kier molecular flexibility index (Phi) is 4.18. The first-order valence-corrected chi connectivity index (χ1v) is 8.94. The van der Waals surface area contributed by atoms with Gasteiger partial charge in [-0.1, -0.05) is 23.5 Å². The molecule has 22 heavy (non-hydrogen) atoms. The van der Waals surface area contributed by atoms with Gasteiger partial charge in [-0.3, -0.25) is 10.1 Å². The topological polar surface area (TPSA) is 42.0 Å². The van der Waals surface area contributed by atoms with E-state index in [2.05, 4.69) is 23.3 Å². The molecule has 1 aromatic heterocycles. The quantitative estimate of drug-likeness (QED) is 0.696. The zero-order chi connectivity index (χ0) is 15.7. The SMILES string of the molecule is CSc1ccc(C)c(C(=O)Nc2nc3ccc(C)cc3s2)c1. The number of fused-ring (bicyclic) bond motifs is 1. The van der Waals surface area contributed by atoms with Crippen LogP contribution >= 0.6 is 23.1 Å². The zero-order valence-corrected chi connectivity index (χ0v) is 14.3. The molecule has 0 bridgehead atoms. The van der Waals surface area contributed by atoms with Gasteiger partial charge in [0, 0.05) is 10.5 Å². The Morgan fingerprint density at radius 3 is 2.77 bits per heavy atom. The molecule has 0 atom stereocenters. The Hall–Kier alpha value is -1.85. The van der Waals surface area contributed by atoms with Gasteiger partial charge in [0.25, 0.3) is 5.91 Å². The first-order valence-electron chi connectivity index (χ1n) is 6.90. The lowest BCUT2D eigenvalue weighted by molar-refractivity contribution is 0.102. The van der Waals surface area contributed by atoms with Gasteiger partial charge in [-0.15, -0.1) is 11.8 Å². The van der Waals surface area contributed by atoms with Crippen LogP contribution in [0.3, 0.4) is 0 Å². The summed E-state index contributed by atoms with van der Waals surface area (Å²) in [5.74, 6) is -0.107. The fourth-order valence-electron chi connectivity index (χ4n) is 2.22. The van der Waals surface area contributed by atoms with Gasteiger partial charge in [-0.25, -0.2) is 4.98 Å². The minimum Gasteiger partial charge on any atom is -0.298 e. The van der Waals surface area contributed by atoms with Crippen LogP contribution in [0.2, 0.25) is 0 Å². The number of nitrogens with one attached hydrogen (secondary N) is 1. The first-order chi connectivity index (χ1) is 10.6. The summed E-state index contributed by atoms with van der Waals surface area (Å²) in [5.41, 5.74) is 3.77. The molecular formula is C17H16N2OS2. The van der Waals surface area contributed by atoms with Crippen molar-refractivity contribution in [3.63, 3.8) is 0 Å². The Morgan fingerprint density at radius 2 is 2.00 bits per heavy atom. The number of aryl methyl sites for hydroxylation is 2. The molecular weight excluding hydrogens is 312 g/mol. The average Bonchev–Trinajstić information content (AvgIpc) is 2.88. The molecule has 0 unspecified atom stereocenters. The van der Waals surface area contributed by atoms with E-state index in [1.165, 1.54) is 16.9 Å². The van der Waals surface area contributed by atoms with Crippen molar-refractivity contribution in [2.45, 2.75) is 18.7 Å². The largest absolute Gasteiger partial charge is 0.298 e. The standard InChI is InChI=1S/C17H16N2OS2/c1-10-4-7-14-15(8-10)22-17(18-14)19-16(20)13-9-12(21-3)6-5-11(13)2/h4-9H,1-3H3,(H,18,19,20). The zero-order valence-electron chi connectivity index (χ0n) is 12.6. The smallest absolute Gasteiger partial charge is 0.257 e. The van der Waals surface area contributed by atoms with Crippen LogP contribution in [0, 0.1) is 13.8 Å². The van der Waals surface area contributed by atoms with E-state index >= 15 is 0 Å². The van der Waals surface area contributed by atoms with E-state index in [1.807, 2.05) is 43.5 Å². The lowest BCUT2D eigenvalue weighted by atomic mass is 10.1. The van der Waals surface area contributed by atoms with Crippen molar-refractivity contribution >= 4 is 44.4 Å². The number of nitrogens with zero attached hydrogens (tertiary/aromatic N) is 1. The molecule has 3 nitrogen and oxygen atoms in total. The van der Waals surface area contributed by atoms with Crippen molar-refractivity contribution in [3.8, 4) is 0 Å². The number of carbonyl (C=O) groups is 1. The van der Waals surface area contributed by atoms with Crippen LogP contribution in [-0.2, 0) is 0 Å². The molecule has 1 amide bonds. The number of amides is 1. The molecule has 0 aliphatic heterocycles. The van der Waals surface area contributed by atoms with E-state index < -0.39 is 0 Å². The van der Waals surface area contributed by atoms with Crippen LogP contribution in [0.15, 0.2) is 41.3 Å². The number of rotatable bonds is 3. The third-order valence-corrected chi connectivity index (χ3v) is 5.11. The minimum atomic E-state index is -0.107. The number of aromatic nitrogens is 1. The molecule has 0 radical (unpaired) electrons. The molecule has 2 aromatic carbocycles. The maximum Gasteiger partial charge on any atom is 0.257 e. The van der Waals surface area contributed by atoms with E-state index in [4.69, 9.17) is 0 Å². The van der Waals surface area contributed by atoms with Crippen LogP contribution in [-0.4, -0.2) is 17.1 Å². The summed E-state index contributed by atoms with van der Waals surface area (Å²) in [6, 6.07) is 12.0. The highest BCUT2D eigenvalue weighted by Gasteiger charge is 2.13. The van der Waals surface area contributed by atoms with E-state index in [0.29, 0.717) is 10.7 Å². The summed E-state index contributed by atoms with van der Waals surface area (Å²) >= 11 is 3.13. The van der Waals surface area contributed by atoms with Crippen molar-refractivity contribution in [2.75, 3.05) is 11.6 Å². The van der Waals surface area contributed by atoms with Crippen molar-refractivity contribution in [1.29, 1.82) is 0 Å². The first kappa shape index (κ1) is 15.1. The van der Waals surface area contributed by atoms with Gasteiger partial charge in [0.05, 0.1) is 10.2 Å². The average molecular weight is 328 g/mol. The molecule has 0 fully saturated rings. The summed E-state index contributed by atoms with van der Waals surface area (Å²) < 4.78 is 1.09. The highest BCUT2D eigenvalue weighted by molar-refractivity contribution is 7.98. The van der Waals surface area contributed by atoms with Gasteiger partial charge >= 0.3 is 0 Å². The second kappa shape index (κ2) is 6.10. The number of anilines is 1. The molecule has 0 saturated heterocycles. The van der Waals surface area contributed by atoms with Gasteiger partial charge in [-0.2, -0.15) is 0 Å². The van der Waals surface area contributed by atoms with Crippen molar-refractivity contribution in [2.24, 2.45) is 0 Å². The number of benzene rings is 2. The van der Waals surface area contributed by atoms with Crippen molar-refractivity contribution in [3.05, 3.63) is 53.1 Å². The third kappa shape index (κ3) is 3.00. The highest BCUT2D eigenvalue weighted by Crippen LogP contribution is 2.27. The molecule has 112 valence electrons. The van der Waals surface area contributed by atoms with Crippen LogP contribution < -0.4 is 5.32 Å². The number of carbonyl (C=O) groups excluding carboxylic acids is 1. The second-order valence-electron chi connectivity index (χ2n) is 5.13. The van der Waals surface area contributed by atoms with Gasteiger partial charge in [-0.05, 0) is 55.5 Å². The van der Waals surface area contributed by atoms with Crippen LogP contribution in [0.1, 0.15) is 21.5 Å². The van der Waals surface area contributed by atoms with Crippen molar-refractivity contribution in [1.82, 2.24) is 4.98 Å². The third-order valence-electron chi connectivity index (χ3n) is 3.45. The van der Waals surface area contributed by atoms with E-state index in [0.717, 1.165) is 20.7 Å². The molecule has 0 aliphatic carbocycles. The highest BCUT2D eigenvalue weighted by atomic mass is 32.2. The minimum absolute atomic E-state index is 0.107. The number of hydrogen-bond donors (Lipinski definition) is 1. The lowest BCUT2D eigenvalue weighted by Crippen LogP contribution is -2.13. The summed E-state index contributed by atoms with van der Waals surface area (Å²) in [4.78, 5) is 18.0. The Morgan fingerprint density at radius 1 is 1.18 bits per heavy atom. The summed E-state index contributed by atoms with van der Waals surface area (Å²) in [6.07, 6.45) is 2.00. The number of thiazole rings is 1. The number of thioether (sulfide) groups is 1. The van der Waals surface area contributed by atoms with Gasteiger partial charge < -0.3 is 0 Å². The van der Waals surface area contributed by atoms with E-state index in [1.54, 1.807) is 11.8 Å². The molecule has 0 aliphatic rings. The second-order valence-corrected chi connectivity index (χ2v) is 7.04. The van der Waals surface area contributed by atoms with Crippen molar-refractivity contribution < 1.29 is 4.79 Å². The van der Waals surface area contributed by atoms with Crippen LogP contribution in [0.4, 0.5) is 5.13 Å². The van der Waals surface area contributed by atoms with Crippen LogP contribution in [0.5, 0.6) is 0 Å². The fraction of sp³-hybridized carbons (Fsp3) is 0.176. The molecule has 3 aromatic rings. The monoisotopic (exact) mass is 328 g/mol. The predicted molar refractivity (Wildman–Crippen MR) is 95.3 cm³/mol. The summed E-state index contributed by atoms with van der Waals surface area (Å²) in [5, 5.41) is 3.56. The molecule has 5 heteroatoms. The molecule has 1 heterocycles. The van der Waals surface area contributed by atoms with Gasteiger partial charge in [0.2, 0.25) is 0 Å². The molecule has 0 saturated carbocycles. The van der Waals surface area contributed by atoms with E-state index in [9.17, 15) is 4.79 Å². The Bertz CT molecular complexity index is 855. The maximum absolute atomic E-state index is 12.5. The Balaban J connectivity index is 1.89. The van der Waals surface area contributed by atoms with E-state index in [-0.39, 0.29) is 5.91 Å². The van der Waals surface area contributed by atoms with Crippen LogP contribution in [0.25, 0.3) is 10.2 Å². The van der Waals surface area contributed by atoms with Gasteiger partial charge in [0.1, 0.15) is 0 Å². The Labute approximate surface area is 137 Å². The summed E-state index contributed by atoms with van der Waals surface area (Å²) in [7, 11) is 0. The molecule has 3 rings (SSSR count). The molecule has 1 N–H and O–H groups in total.